The van der Waals surface area contributed by atoms with Crippen molar-refractivity contribution in [1.29, 1.82) is 0 Å². The standard InChI is InChI=1S/C13H22F3NO2/c1-9(2)17(7-8-18)12(19)10-5-3-4-6-11(10)13(14,15)16/h9-11,18H,3-8H2,1-2H3. The summed E-state index contributed by atoms with van der Waals surface area (Å²) in [5.74, 6) is -2.98. The molecule has 0 bridgehead atoms. The fourth-order valence-electron chi connectivity index (χ4n) is 2.76. The van der Waals surface area contributed by atoms with Crippen LogP contribution >= 0.6 is 0 Å². The number of hydrogen-bond donors (Lipinski definition) is 1. The number of rotatable bonds is 4. The summed E-state index contributed by atoms with van der Waals surface area (Å²) >= 11 is 0. The Kier molecular flexibility index (Phi) is 5.64. The van der Waals surface area contributed by atoms with Gasteiger partial charge in [0.25, 0.3) is 0 Å². The SMILES string of the molecule is CC(C)N(CCO)C(=O)C1CCCCC1C(F)(F)F. The van der Waals surface area contributed by atoms with E-state index in [0.717, 1.165) is 0 Å². The van der Waals surface area contributed by atoms with Gasteiger partial charge >= 0.3 is 6.18 Å². The second-order valence-corrected chi connectivity index (χ2v) is 5.39. The minimum Gasteiger partial charge on any atom is -0.395 e. The zero-order chi connectivity index (χ0) is 14.6. The number of aliphatic hydroxyl groups excluding tert-OH is 1. The maximum atomic E-state index is 13.0. The lowest BCUT2D eigenvalue weighted by Crippen LogP contribution is -2.48. The quantitative estimate of drug-likeness (QED) is 0.860. The number of aliphatic hydroxyl groups is 1. The van der Waals surface area contributed by atoms with Gasteiger partial charge in [-0.25, -0.2) is 0 Å². The van der Waals surface area contributed by atoms with Crippen molar-refractivity contribution in [2.75, 3.05) is 13.2 Å². The fraction of sp³-hybridized carbons (Fsp3) is 0.923. The second-order valence-electron chi connectivity index (χ2n) is 5.39. The monoisotopic (exact) mass is 281 g/mol. The van der Waals surface area contributed by atoms with E-state index < -0.39 is 23.9 Å². The van der Waals surface area contributed by atoms with E-state index in [2.05, 4.69) is 0 Å². The molecule has 2 atom stereocenters. The Morgan fingerprint density at radius 1 is 1.32 bits per heavy atom. The Morgan fingerprint density at radius 3 is 2.37 bits per heavy atom. The van der Waals surface area contributed by atoms with E-state index in [1.165, 1.54) is 4.90 Å². The Morgan fingerprint density at radius 2 is 1.89 bits per heavy atom. The topological polar surface area (TPSA) is 40.5 Å². The number of halogens is 3. The van der Waals surface area contributed by atoms with Crippen LogP contribution in [0.5, 0.6) is 0 Å². The molecule has 1 N–H and O–H groups in total. The predicted molar refractivity (Wildman–Crippen MR) is 65.4 cm³/mol. The van der Waals surface area contributed by atoms with Gasteiger partial charge in [-0.1, -0.05) is 12.8 Å². The van der Waals surface area contributed by atoms with Gasteiger partial charge in [0, 0.05) is 18.5 Å². The molecule has 0 radical (unpaired) electrons. The third-order valence-corrected chi connectivity index (χ3v) is 3.75. The highest BCUT2D eigenvalue weighted by molar-refractivity contribution is 5.79. The molecule has 0 heterocycles. The van der Waals surface area contributed by atoms with Crippen LogP contribution in [0.1, 0.15) is 39.5 Å². The van der Waals surface area contributed by atoms with Crippen LogP contribution in [0.3, 0.4) is 0 Å². The number of alkyl halides is 3. The Balaban J connectivity index is 2.87. The maximum absolute atomic E-state index is 13.0. The van der Waals surface area contributed by atoms with Crippen molar-refractivity contribution in [3.8, 4) is 0 Å². The van der Waals surface area contributed by atoms with Crippen molar-refractivity contribution < 1.29 is 23.1 Å². The van der Waals surface area contributed by atoms with E-state index >= 15 is 0 Å². The van der Waals surface area contributed by atoms with Crippen LogP contribution in [0, 0.1) is 11.8 Å². The van der Waals surface area contributed by atoms with Crippen LogP contribution in [-0.4, -0.2) is 41.3 Å². The van der Waals surface area contributed by atoms with Crippen LogP contribution < -0.4 is 0 Å². The van der Waals surface area contributed by atoms with Gasteiger partial charge in [0.05, 0.1) is 12.5 Å². The molecular weight excluding hydrogens is 259 g/mol. The highest BCUT2D eigenvalue weighted by Crippen LogP contribution is 2.42. The van der Waals surface area contributed by atoms with Gasteiger partial charge in [-0.15, -0.1) is 0 Å². The van der Waals surface area contributed by atoms with Crippen molar-refractivity contribution in [2.24, 2.45) is 11.8 Å². The summed E-state index contributed by atoms with van der Waals surface area (Å²) in [6, 6.07) is -0.199. The van der Waals surface area contributed by atoms with E-state index in [0.29, 0.717) is 12.8 Å². The third kappa shape index (κ3) is 4.09. The first-order chi connectivity index (χ1) is 8.79. The summed E-state index contributed by atoms with van der Waals surface area (Å²) in [7, 11) is 0. The lowest BCUT2D eigenvalue weighted by atomic mass is 9.78. The summed E-state index contributed by atoms with van der Waals surface area (Å²) in [5, 5.41) is 8.94. The lowest BCUT2D eigenvalue weighted by Gasteiger charge is -2.37. The molecule has 0 saturated heterocycles. The van der Waals surface area contributed by atoms with E-state index in [1.807, 2.05) is 0 Å². The zero-order valence-electron chi connectivity index (χ0n) is 11.4. The number of hydrogen-bond acceptors (Lipinski definition) is 2. The van der Waals surface area contributed by atoms with Crippen molar-refractivity contribution in [2.45, 2.75) is 51.7 Å². The molecule has 112 valence electrons. The first kappa shape index (κ1) is 16.3. The molecule has 2 unspecified atom stereocenters. The van der Waals surface area contributed by atoms with E-state index in [4.69, 9.17) is 5.11 Å². The molecule has 19 heavy (non-hydrogen) atoms. The maximum Gasteiger partial charge on any atom is 0.392 e. The molecule has 1 aliphatic rings. The minimum atomic E-state index is -4.32. The molecule has 1 rings (SSSR count). The highest BCUT2D eigenvalue weighted by Gasteiger charge is 2.49. The molecule has 1 aliphatic carbocycles. The lowest BCUT2D eigenvalue weighted by molar-refractivity contribution is -0.201. The molecular formula is C13H22F3NO2. The first-order valence-corrected chi connectivity index (χ1v) is 6.77. The summed E-state index contributed by atoms with van der Waals surface area (Å²) in [6.45, 7) is 3.36. The van der Waals surface area contributed by atoms with Crippen LogP contribution in [0.2, 0.25) is 0 Å². The van der Waals surface area contributed by atoms with E-state index in [1.54, 1.807) is 13.8 Å². The average molecular weight is 281 g/mol. The van der Waals surface area contributed by atoms with E-state index in [9.17, 15) is 18.0 Å². The molecule has 0 aromatic carbocycles. The zero-order valence-corrected chi connectivity index (χ0v) is 11.4. The van der Waals surface area contributed by atoms with Crippen molar-refractivity contribution in [1.82, 2.24) is 4.90 Å². The predicted octanol–water partition coefficient (Wildman–Crippen LogP) is 2.58. The summed E-state index contributed by atoms with van der Waals surface area (Å²) in [6.07, 6.45) is -2.81. The molecule has 0 spiro atoms. The summed E-state index contributed by atoms with van der Waals surface area (Å²) in [5.41, 5.74) is 0. The van der Waals surface area contributed by atoms with Crippen LogP contribution in [0.25, 0.3) is 0 Å². The molecule has 3 nitrogen and oxygen atoms in total. The summed E-state index contributed by atoms with van der Waals surface area (Å²) < 4.78 is 38.9. The molecule has 0 aliphatic heterocycles. The average Bonchev–Trinajstić information content (AvgIpc) is 2.33. The second kappa shape index (κ2) is 6.59. The van der Waals surface area contributed by atoms with Gasteiger partial charge in [-0.05, 0) is 26.7 Å². The van der Waals surface area contributed by atoms with Gasteiger partial charge in [0.15, 0.2) is 0 Å². The Bertz CT molecular complexity index is 305. The Hall–Kier alpha value is -0.780. The highest BCUT2D eigenvalue weighted by atomic mass is 19.4. The minimum absolute atomic E-state index is 0.0327. The van der Waals surface area contributed by atoms with Crippen molar-refractivity contribution in [3.05, 3.63) is 0 Å². The third-order valence-electron chi connectivity index (χ3n) is 3.75. The fourth-order valence-corrected chi connectivity index (χ4v) is 2.76. The van der Waals surface area contributed by atoms with Gasteiger partial charge in [-0.3, -0.25) is 4.79 Å². The normalized spacial score (nSPS) is 24.6. The van der Waals surface area contributed by atoms with Gasteiger partial charge < -0.3 is 10.0 Å². The molecule has 0 aromatic rings. The van der Waals surface area contributed by atoms with Crippen LogP contribution in [-0.2, 0) is 4.79 Å². The van der Waals surface area contributed by atoms with Crippen LogP contribution in [0.4, 0.5) is 13.2 Å². The molecule has 1 fully saturated rings. The molecule has 0 aromatic heterocycles. The molecule has 1 amide bonds. The molecule has 6 heteroatoms. The number of carbonyl (C=O) groups is 1. The first-order valence-electron chi connectivity index (χ1n) is 6.77. The van der Waals surface area contributed by atoms with Gasteiger partial charge in [-0.2, -0.15) is 13.2 Å². The van der Waals surface area contributed by atoms with Gasteiger partial charge in [0.1, 0.15) is 0 Å². The number of amides is 1. The number of nitrogens with zero attached hydrogens (tertiary/aromatic N) is 1. The number of carbonyl (C=O) groups excluding carboxylic acids is 1. The van der Waals surface area contributed by atoms with Crippen LogP contribution in [0.15, 0.2) is 0 Å². The largest absolute Gasteiger partial charge is 0.395 e. The summed E-state index contributed by atoms with van der Waals surface area (Å²) in [4.78, 5) is 13.7. The van der Waals surface area contributed by atoms with E-state index in [-0.39, 0.29) is 32.0 Å². The Labute approximate surface area is 111 Å². The smallest absolute Gasteiger partial charge is 0.392 e. The van der Waals surface area contributed by atoms with Gasteiger partial charge in [0.2, 0.25) is 5.91 Å². The van der Waals surface area contributed by atoms with Crippen molar-refractivity contribution in [3.63, 3.8) is 0 Å². The van der Waals surface area contributed by atoms with Crippen molar-refractivity contribution >= 4 is 5.91 Å². The molecule has 1 saturated carbocycles.